The lowest BCUT2D eigenvalue weighted by Crippen LogP contribution is -1.96. The van der Waals surface area contributed by atoms with Gasteiger partial charge >= 0.3 is 5.97 Å². The zero-order valence-electron chi connectivity index (χ0n) is 5.37. The van der Waals surface area contributed by atoms with Crippen molar-refractivity contribution in [3.63, 3.8) is 0 Å². The van der Waals surface area contributed by atoms with Crippen LogP contribution in [0.4, 0.5) is 0 Å². The number of aliphatic carboxylic acids is 1. The van der Waals surface area contributed by atoms with Gasteiger partial charge in [-0.05, 0) is 6.42 Å². The number of hydrogen-bond acceptors (Lipinski definition) is 2. The fourth-order valence-electron chi connectivity index (χ4n) is 0.382. The second-order valence-corrected chi connectivity index (χ2v) is 1.56. The molecule has 0 aromatic rings. The zero-order valence-corrected chi connectivity index (χ0v) is 5.37. The molecule has 0 heterocycles. The van der Waals surface area contributed by atoms with E-state index in [1.54, 1.807) is 6.07 Å². The largest absolute Gasteiger partial charge is 0.477 e. The number of carboxylic acids is 1. The lowest BCUT2D eigenvalue weighted by molar-refractivity contribution is -0.132. The van der Waals surface area contributed by atoms with Gasteiger partial charge in [-0.15, -0.1) is 6.58 Å². The van der Waals surface area contributed by atoms with Crippen LogP contribution in [-0.4, -0.2) is 11.1 Å². The smallest absolute Gasteiger partial charge is 0.346 e. The van der Waals surface area contributed by atoms with Gasteiger partial charge in [-0.1, -0.05) is 12.2 Å². The molecule has 0 aromatic heterocycles. The molecule has 0 rings (SSSR count). The summed E-state index contributed by atoms with van der Waals surface area (Å²) in [5.41, 5.74) is -0.236. The summed E-state index contributed by atoms with van der Waals surface area (Å²) in [7, 11) is 0. The van der Waals surface area contributed by atoms with Crippen molar-refractivity contribution in [3.05, 3.63) is 24.3 Å². The lowest BCUT2D eigenvalue weighted by atomic mass is 10.2. The van der Waals surface area contributed by atoms with Crippen LogP contribution in [0.15, 0.2) is 24.3 Å². The highest BCUT2D eigenvalue weighted by Gasteiger charge is 2.02. The fourth-order valence-corrected chi connectivity index (χ4v) is 0.382. The number of hydrogen-bond donors (Lipinski definition) is 1. The summed E-state index contributed by atoms with van der Waals surface area (Å²) in [5.74, 6) is -1.19. The Kier molecular flexibility index (Phi) is 3.66. The normalized spacial score (nSPS) is 10.1. The van der Waals surface area contributed by atoms with Crippen LogP contribution in [0.5, 0.6) is 0 Å². The average molecular weight is 137 g/mol. The summed E-state index contributed by atoms with van der Waals surface area (Å²) in [4.78, 5) is 10.1. The maximum atomic E-state index is 10.1. The molecule has 1 N–H and O–H groups in total. The summed E-state index contributed by atoms with van der Waals surface area (Å²) < 4.78 is 0. The molecule has 0 unspecified atom stereocenters. The van der Waals surface area contributed by atoms with Crippen molar-refractivity contribution < 1.29 is 9.90 Å². The Hall–Kier alpha value is -1.56. The summed E-state index contributed by atoms with van der Waals surface area (Å²) in [6.07, 6.45) is 3.25. The first-order valence-corrected chi connectivity index (χ1v) is 2.66. The van der Waals surface area contributed by atoms with Crippen molar-refractivity contribution >= 4 is 5.97 Å². The number of carbonyl (C=O) groups is 1. The second-order valence-electron chi connectivity index (χ2n) is 1.56. The average Bonchev–Trinajstić information content (AvgIpc) is 1.89. The van der Waals surface area contributed by atoms with Gasteiger partial charge in [0.25, 0.3) is 0 Å². The van der Waals surface area contributed by atoms with Crippen molar-refractivity contribution in [2.45, 2.75) is 6.42 Å². The Bertz CT molecular complexity index is 210. The minimum absolute atomic E-state index is 0.236. The standard InChI is InChI=1S/C7H7NO2/c1-2-3-4-6(5-8)7(9)10/h2,4H,1,3H2,(H,9,10). The van der Waals surface area contributed by atoms with Gasteiger partial charge in [-0.2, -0.15) is 5.26 Å². The highest BCUT2D eigenvalue weighted by atomic mass is 16.4. The minimum atomic E-state index is -1.19. The van der Waals surface area contributed by atoms with Crippen LogP contribution in [0.3, 0.4) is 0 Å². The molecule has 0 amide bonds. The molecule has 0 saturated carbocycles. The van der Waals surface area contributed by atoms with Crippen LogP contribution < -0.4 is 0 Å². The Labute approximate surface area is 58.9 Å². The van der Waals surface area contributed by atoms with Gasteiger partial charge in [0.15, 0.2) is 0 Å². The van der Waals surface area contributed by atoms with Gasteiger partial charge in [0, 0.05) is 0 Å². The Morgan fingerprint density at radius 1 is 1.80 bits per heavy atom. The van der Waals surface area contributed by atoms with E-state index >= 15 is 0 Å². The van der Waals surface area contributed by atoms with E-state index in [0.717, 1.165) is 0 Å². The Morgan fingerprint density at radius 3 is 2.70 bits per heavy atom. The van der Waals surface area contributed by atoms with E-state index in [1.165, 1.54) is 12.2 Å². The summed E-state index contributed by atoms with van der Waals surface area (Å²) in [6.45, 7) is 3.38. The third-order valence-electron chi connectivity index (χ3n) is 0.840. The molecule has 10 heavy (non-hydrogen) atoms. The van der Waals surface area contributed by atoms with Crippen molar-refractivity contribution in [2.75, 3.05) is 0 Å². The van der Waals surface area contributed by atoms with Crippen molar-refractivity contribution in [3.8, 4) is 6.07 Å². The SMILES string of the molecule is C=CCC=C(C#N)C(=O)O. The first kappa shape index (κ1) is 8.44. The van der Waals surface area contributed by atoms with Crippen molar-refractivity contribution in [2.24, 2.45) is 0 Å². The molecule has 0 aromatic carbocycles. The molecule has 0 fully saturated rings. The molecule has 0 radical (unpaired) electrons. The van der Waals surface area contributed by atoms with Crippen LogP contribution >= 0.6 is 0 Å². The third-order valence-corrected chi connectivity index (χ3v) is 0.840. The Morgan fingerprint density at radius 2 is 2.40 bits per heavy atom. The van der Waals surface area contributed by atoms with Crippen molar-refractivity contribution in [1.82, 2.24) is 0 Å². The van der Waals surface area contributed by atoms with E-state index in [-0.39, 0.29) is 5.57 Å². The van der Waals surface area contributed by atoms with E-state index < -0.39 is 5.97 Å². The van der Waals surface area contributed by atoms with Gasteiger partial charge in [0.2, 0.25) is 0 Å². The van der Waals surface area contributed by atoms with Crippen LogP contribution in [0, 0.1) is 11.3 Å². The van der Waals surface area contributed by atoms with Gasteiger partial charge in [-0.25, -0.2) is 4.79 Å². The van der Waals surface area contributed by atoms with E-state index in [9.17, 15) is 4.79 Å². The molecule has 0 aliphatic carbocycles. The zero-order chi connectivity index (χ0) is 7.98. The summed E-state index contributed by atoms with van der Waals surface area (Å²) in [5, 5.41) is 16.5. The molecule has 0 atom stereocenters. The Balaban J connectivity index is 4.22. The highest BCUT2D eigenvalue weighted by molar-refractivity contribution is 5.90. The van der Waals surface area contributed by atoms with E-state index in [4.69, 9.17) is 10.4 Å². The molecule has 0 spiro atoms. The predicted octanol–water partition coefficient (Wildman–Crippen LogP) is 1.10. The third kappa shape index (κ3) is 2.68. The van der Waals surface area contributed by atoms with Crippen LogP contribution in [0.1, 0.15) is 6.42 Å². The number of nitrogens with zero attached hydrogens (tertiary/aromatic N) is 1. The highest BCUT2D eigenvalue weighted by Crippen LogP contribution is 1.94. The molecular formula is C7H7NO2. The molecule has 3 heteroatoms. The second kappa shape index (κ2) is 4.33. The monoisotopic (exact) mass is 137 g/mol. The number of rotatable bonds is 3. The first-order valence-electron chi connectivity index (χ1n) is 2.66. The first-order chi connectivity index (χ1) is 4.72. The maximum absolute atomic E-state index is 10.1. The van der Waals surface area contributed by atoms with E-state index in [2.05, 4.69) is 6.58 Å². The molecule has 0 bridgehead atoms. The van der Waals surface area contributed by atoms with Gasteiger partial charge in [0.1, 0.15) is 11.6 Å². The topological polar surface area (TPSA) is 61.1 Å². The molecular weight excluding hydrogens is 130 g/mol. The van der Waals surface area contributed by atoms with Crippen LogP contribution in [-0.2, 0) is 4.79 Å². The molecule has 52 valence electrons. The minimum Gasteiger partial charge on any atom is -0.477 e. The summed E-state index contributed by atoms with van der Waals surface area (Å²) in [6, 6.07) is 1.55. The molecule has 0 aliphatic rings. The van der Waals surface area contributed by atoms with Gasteiger partial charge in [-0.3, -0.25) is 0 Å². The maximum Gasteiger partial charge on any atom is 0.346 e. The number of allylic oxidation sites excluding steroid dienone is 2. The fraction of sp³-hybridized carbons (Fsp3) is 0.143. The molecule has 3 nitrogen and oxygen atoms in total. The van der Waals surface area contributed by atoms with Gasteiger partial charge < -0.3 is 5.11 Å². The van der Waals surface area contributed by atoms with Crippen molar-refractivity contribution in [1.29, 1.82) is 5.26 Å². The molecule has 0 saturated heterocycles. The molecule has 0 aliphatic heterocycles. The lowest BCUT2D eigenvalue weighted by Gasteiger charge is -1.85. The quantitative estimate of drug-likeness (QED) is 0.360. The predicted molar refractivity (Wildman–Crippen MR) is 36.1 cm³/mol. The van der Waals surface area contributed by atoms with E-state index in [0.29, 0.717) is 6.42 Å². The van der Waals surface area contributed by atoms with Crippen LogP contribution in [0.25, 0.3) is 0 Å². The van der Waals surface area contributed by atoms with E-state index in [1.807, 2.05) is 0 Å². The van der Waals surface area contributed by atoms with Crippen LogP contribution in [0.2, 0.25) is 0 Å². The summed E-state index contributed by atoms with van der Waals surface area (Å²) >= 11 is 0. The number of nitriles is 1. The van der Waals surface area contributed by atoms with Gasteiger partial charge in [0.05, 0.1) is 0 Å². The number of carboxylic acid groups (broad SMARTS) is 1.